The fourth-order valence-electron chi connectivity index (χ4n) is 2.27. The number of aryl methyl sites for hydroxylation is 1. The van der Waals surface area contributed by atoms with E-state index in [9.17, 15) is 14.0 Å². The van der Waals surface area contributed by atoms with Crippen LogP contribution >= 0.6 is 11.3 Å². The number of carbonyl (C=O) groups is 2. The Morgan fingerprint density at radius 2 is 1.89 bits per heavy atom. The number of nitrogens with one attached hydrogen (secondary N) is 2. The predicted octanol–water partition coefficient (Wildman–Crippen LogP) is 2.88. The number of thiazole rings is 1. The smallest absolute Gasteiger partial charge is 0.281 e. The summed E-state index contributed by atoms with van der Waals surface area (Å²) in [6.07, 6.45) is 0.632. The maximum Gasteiger partial charge on any atom is 0.281 e. The Bertz CT molecular complexity index is 994. The normalized spacial score (nSPS) is 11.5. The Hall–Kier alpha value is -3.33. The topological polar surface area (TPSA) is 93.2 Å². The zero-order valence-corrected chi connectivity index (χ0v) is 15.9. The number of benzene rings is 1. The lowest BCUT2D eigenvalue weighted by atomic mass is 10.3. The second-order valence-electron chi connectivity index (χ2n) is 5.78. The molecule has 2 aromatic heterocycles. The quantitative estimate of drug-likeness (QED) is 0.643. The highest BCUT2D eigenvalue weighted by molar-refractivity contribution is 7.17. The number of hydrazine groups is 1. The van der Waals surface area contributed by atoms with Crippen molar-refractivity contribution in [3.05, 3.63) is 65.0 Å². The van der Waals surface area contributed by atoms with Gasteiger partial charge in [0, 0.05) is 6.20 Å². The number of hydrogen-bond acceptors (Lipinski definition) is 6. The molecule has 2 amide bonds. The second-order valence-corrected chi connectivity index (χ2v) is 6.78. The van der Waals surface area contributed by atoms with Gasteiger partial charge in [0.2, 0.25) is 0 Å². The maximum atomic E-state index is 13.6. The van der Waals surface area contributed by atoms with Crippen molar-refractivity contribution < 1.29 is 18.7 Å². The van der Waals surface area contributed by atoms with Gasteiger partial charge in [-0.15, -0.1) is 11.3 Å². The van der Waals surface area contributed by atoms with Crippen molar-refractivity contribution >= 4 is 23.2 Å². The average molecular weight is 400 g/mol. The van der Waals surface area contributed by atoms with Gasteiger partial charge in [0.05, 0.1) is 11.4 Å². The van der Waals surface area contributed by atoms with Crippen molar-refractivity contribution in [1.82, 2.24) is 20.8 Å². The van der Waals surface area contributed by atoms with Crippen LogP contribution in [0.25, 0.3) is 10.7 Å². The predicted molar refractivity (Wildman–Crippen MR) is 102 cm³/mol. The van der Waals surface area contributed by atoms with Crippen LogP contribution in [-0.2, 0) is 4.79 Å². The summed E-state index contributed by atoms with van der Waals surface area (Å²) >= 11 is 1.17. The lowest BCUT2D eigenvalue weighted by molar-refractivity contribution is -0.128. The molecule has 1 unspecified atom stereocenters. The molecule has 0 spiro atoms. The van der Waals surface area contributed by atoms with Gasteiger partial charge in [0.15, 0.2) is 17.7 Å². The molecule has 2 N–H and O–H groups in total. The number of aromatic nitrogens is 2. The van der Waals surface area contributed by atoms with Crippen LogP contribution in [0.3, 0.4) is 0 Å². The van der Waals surface area contributed by atoms with Crippen molar-refractivity contribution in [2.75, 3.05) is 0 Å². The highest BCUT2D eigenvalue weighted by atomic mass is 32.1. The third-order valence-corrected chi connectivity index (χ3v) is 4.87. The zero-order valence-electron chi connectivity index (χ0n) is 15.1. The van der Waals surface area contributed by atoms with Crippen LogP contribution in [0.2, 0.25) is 0 Å². The number of ether oxygens (including phenoxy) is 1. The minimum absolute atomic E-state index is 0.0465. The first-order valence-corrected chi connectivity index (χ1v) is 9.17. The molecule has 0 aliphatic rings. The van der Waals surface area contributed by atoms with Gasteiger partial charge in [0.1, 0.15) is 9.88 Å². The lowest BCUT2D eigenvalue weighted by Crippen LogP contribution is -2.47. The van der Waals surface area contributed by atoms with E-state index in [1.54, 1.807) is 31.3 Å². The number of halogens is 1. The highest BCUT2D eigenvalue weighted by Gasteiger charge is 2.20. The summed E-state index contributed by atoms with van der Waals surface area (Å²) in [7, 11) is 0. The van der Waals surface area contributed by atoms with Crippen molar-refractivity contribution in [3.8, 4) is 16.5 Å². The van der Waals surface area contributed by atoms with E-state index >= 15 is 0 Å². The molecule has 0 fully saturated rings. The van der Waals surface area contributed by atoms with Crippen LogP contribution in [0, 0.1) is 12.7 Å². The molecule has 0 radical (unpaired) electrons. The van der Waals surface area contributed by atoms with Crippen molar-refractivity contribution in [1.29, 1.82) is 0 Å². The van der Waals surface area contributed by atoms with Gasteiger partial charge in [-0.05, 0) is 38.1 Å². The molecule has 9 heteroatoms. The van der Waals surface area contributed by atoms with E-state index in [4.69, 9.17) is 4.74 Å². The molecule has 0 aliphatic heterocycles. The number of hydrogen-bond donors (Lipinski definition) is 2. The molecule has 2 heterocycles. The van der Waals surface area contributed by atoms with Gasteiger partial charge in [-0.1, -0.05) is 18.2 Å². The van der Waals surface area contributed by atoms with Gasteiger partial charge in [-0.3, -0.25) is 25.4 Å². The molecule has 7 nitrogen and oxygen atoms in total. The summed E-state index contributed by atoms with van der Waals surface area (Å²) in [4.78, 5) is 33.4. The molecule has 28 heavy (non-hydrogen) atoms. The monoisotopic (exact) mass is 400 g/mol. The maximum absolute atomic E-state index is 13.6. The third kappa shape index (κ3) is 4.49. The van der Waals surface area contributed by atoms with Crippen molar-refractivity contribution in [2.45, 2.75) is 20.0 Å². The highest BCUT2D eigenvalue weighted by Crippen LogP contribution is 2.26. The molecule has 144 valence electrons. The van der Waals surface area contributed by atoms with Gasteiger partial charge in [0.25, 0.3) is 11.8 Å². The van der Waals surface area contributed by atoms with E-state index < -0.39 is 23.7 Å². The fraction of sp³-hybridized carbons (Fsp3) is 0.158. The van der Waals surface area contributed by atoms with E-state index in [1.807, 2.05) is 6.07 Å². The van der Waals surface area contributed by atoms with Crippen LogP contribution in [0.1, 0.15) is 22.3 Å². The molecule has 1 aromatic carbocycles. The number of para-hydroxylation sites is 1. The Labute approximate surface area is 164 Å². The summed E-state index contributed by atoms with van der Waals surface area (Å²) in [5.74, 6) is -1.75. The van der Waals surface area contributed by atoms with E-state index in [-0.39, 0.29) is 5.75 Å². The third-order valence-electron chi connectivity index (χ3n) is 3.70. The Morgan fingerprint density at radius 3 is 2.61 bits per heavy atom. The summed E-state index contributed by atoms with van der Waals surface area (Å²) in [6, 6.07) is 11.2. The molecule has 0 saturated carbocycles. The molecule has 3 rings (SSSR count). The number of rotatable bonds is 5. The number of carbonyl (C=O) groups excluding carboxylic acids is 2. The van der Waals surface area contributed by atoms with Crippen LogP contribution in [0.15, 0.2) is 48.7 Å². The number of pyridine rings is 1. The second kappa shape index (κ2) is 8.57. The van der Waals surface area contributed by atoms with E-state index in [0.29, 0.717) is 21.3 Å². The lowest BCUT2D eigenvalue weighted by Gasteiger charge is -2.15. The summed E-state index contributed by atoms with van der Waals surface area (Å²) in [5.41, 5.74) is 5.78. The number of nitrogens with zero attached hydrogens (tertiary/aromatic N) is 2. The molecule has 0 aliphatic carbocycles. The largest absolute Gasteiger partial charge is 0.478 e. The van der Waals surface area contributed by atoms with Crippen LogP contribution in [0.4, 0.5) is 4.39 Å². The molecule has 3 aromatic rings. The van der Waals surface area contributed by atoms with E-state index in [2.05, 4.69) is 20.8 Å². The molecule has 0 saturated heterocycles. The van der Waals surface area contributed by atoms with Crippen molar-refractivity contribution in [3.63, 3.8) is 0 Å². The average Bonchev–Trinajstić information content (AvgIpc) is 3.10. The molecule has 1 atom stereocenters. The van der Waals surface area contributed by atoms with Crippen LogP contribution in [0.5, 0.6) is 5.75 Å². The molecular formula is C19H17FN4O3S. The Morgan fingerprint density at radius 1 is 1.14 bits per heavy atom. The number of amides is 2. The standard InChI is InChI=1S/C19H17FN4O3S/c1-11-16(28-19(22-11)14-8-5-6-10-21-14)18(26)24-23-17(25)12(2)27-15-9-4-3-7-13(15)20/h3-10,12H,1-2H3,(H,23,25)(H,24,26). The summed E-state index contributed by atoms with van der Waals surface area (Å²) < 4.78 is 18.9. The van der Waals surface area contributed by atoms with Crippen molar-refractivity contribution in [2.24, 2.45) is 0 Å². The Balaban J connectivity index is 1.60. The SMILES string of the molecule is Cc1nc(-c2ccccn2)sc1C(=O)NNC(=O)C(C)Oc1ccccc1F. The first-order chi connectivity index (χ1) is 13.5. The minimum atomic E-state index is -1.01. The van der Waals surface area contributed by atoms with Gasteiger partial charge < -0.3 is 4.74 Å². The van der Waals surface area contributed by atoms with E-state index in [0.717, 1.165) is 0 Å². The first kappa shape index (κ1) is 19.4. The summed E-state index contributed by atoms with van der Waals surface area (Å²) in [6.45, 7) is 3.15. The molecular weight excluding hydrogens is 383 g/mol. The van der Waals surface area contributed by atoms with Gasteiger partial charge >= 0.3 is 0 Å². The Kier molecular flexibility index (Phi) is 5.95. The fourth-order valence-corrected chi connectivity index (χ4v) is 3.21. The summed E-state index contributed by atoms with van der Waals surface area (Å²) in [5, 5.41) is 0.603. The van der Waals surface area contributed by atoms with E-state index in [1.165, 1.54) is 36.5 Å². The molecule has 0 bridgehead atoms. The first-order valence-electron chi connectivity index (χ1n) is 8.36. The van der Waals surface area contributed by atoms with Crippen LogP contribution in [-0.4, -0.2) is 27.9 Å². The van der Waals surface area contributed by atoms with Gasteiger partial charge in [-0.25, -0.2) is 9.37 Å². The van der Waals surface area contributed by atoms with Crippen LogP contribution < -0.4 is 15.6 Å². The zero-order chi connectivity index (χ0) is 20.1. The minimum Gasteiger partial charge on any atom is -0.478 e. The van der Waals surface area contributed by atoms with Gasteiger partial charge in [-0.2, -0.15) is 0 Å².